The zero-order chi connectivity index (χ0) is 13.9. The summed E-state index contributed by atoms with van der Waals surface area (Å²) in [6.07, 6.45) is -3.60. The lowest BCUT2D eigenvalue weighted by atomic mass is 10.0. The summed E-state index contributed by atoms with van der Waals surface area (Å²) in [6, 6.07) is 3.49. The molecule has 0 saturated heterocycles. The highest BCUT2D eigenvalue weighted by molar-refractivity contribution is 9.10. The molecule has 1 aromatic carbocycles. The molecule has 1 rings (SSSR count). The predicted molar refractivity (Wildman–Crippen MR) is 68.2 cm³/mol. The largest absolute Gasteiger partial charge is 0.414 e. The number of rotatable bonds is 3. The summed E-state index contributed by atoms with van der Waals surface area (Å²) in [5.74, 6) is 0. The van der Waals surface area contributed by atoms with Crippen LogP contribution in [-0.4, -0.2) is 12.2 Å². The second-order valence-corrected chi connectivity index (χ2v) is 4.80. The minimum atomic E-state index is -4.56. The third kappa shape index (κ3) is 3.66. The third-order valence-electron chi connectivity index (χ3n) is 2.48. The van der Waals surface area contributed by atoms with Gasteiger partial charge >= 0.3 is 6.18 Å². The first-order valence-electron chi connectivity index (χ1n) is 5.13. The first-order chi connectivity index (χ1) is 8.25. The van der Waals surface area contributed by atoms with E-state index in [4.69, 9.17) is 0 Å². The summed E-state index contributed by atoms with van der Waals surface area (Å²) in [6.45, 7) is 2.82. The fraction of sp³-hybridized carbons (Fsp3) is 0.333. The van der Waals surface area contributed by atoms with Gasteiger partial charge in [-0.1, -0.05) is 27.2 Å². The molecule has 1 aromatic rings. The van der Waals surface area contributed by atoms with E-state index in [1.54, 1.807) is 25.1 Å². The molecule has 0 aliphatic heterocycles. The maximum absolute atomic E-state index is 12.8. The van der Waals surface area contributed by atoms with Crippen LogP contribution < -0.4 is 0 Å². The molecule has 0 fully saturated rings. The van der Waals surface area contributed by atoms with Gasteiger partial charge in [-0.05, 0) is 43.2 Å². The SMILES string of the molecule is Cc1cc(Br)ccc1/C=C(\C(C)N=O)C(F)(F)F. The van der Waals surface area contributed by atoms with Crippen molar-refractivity contribution in [3.05, 3.63) is 44.3 Å². The second kappa shape index (κ2) is 5.65. The van der Waals surface area contributed by atoms with Crippen molar-refractivity contribution in [2.75, 3.05) is 0 Å². The summed E-state index contributed by atoms with van der Waals surface area (Å²) >= 11 is 3.23. The first-order valence-corrected chi connectivity index (χ1v) is 5.92. The lowest BCUT2D eigenvalue weighted by molar-refractivity contribution is -0.0939. The molecular weight excluding hydrogens is 311 g/mol. The molecule has 18 heavy (non-hydrogen) atoms. The van der Waals surface area contributed by atoms with Crippen LogP contribution in [0.2, 0.25) is 0 Å². The van der Waals surface area contributed by atoms with E-state index < -0.39 is 17.8 Å². The van der Waals surface area contributed by atoms with Crippen LogP contribution in [0.1, 0.15) is 18.1 Å². The molecule has 0 saturated carbocycles. The fourth-order valence-electron chi connectivity index (χ4n) is 1.46. The van der Waals surface area contributed by atoms with Crippen molar-refractivity contribution in [3.63, 3.8) is 0 Å². The van der Waals surface area contributed by atoms with Crippen molar-refractivity contribution in [1.29, 1.82) is 0 Å². The van der Waals surface area contributed by atoms with Gasteiger partial charge in [0.1, 0.15) is 6.04 Å². The van der Waals surface area contributed by atoms with E-state index in [2.05, 4.69) is 21.1 Å². The maximum Gasteiger partial charge on any atom is 0.414 e. The summed E-state index contributed by atoms with van der Waals surface area (Å²) in [5, 5.41) is 2.45. The average Bonchev–Trinajstić information content (AvgIpc) is 2.25. The molecule has 6 heteroatoms. The van der Waals surface area contributed by atoms with Crippen molar-refractivity contribution in [2.24, 2.45) is 5.18 Å². The van der Waals surface area contributed by atoms with E-state index in [0.29, 0.717) is 11.1 Å². The smallest absolute Gasteiger partial charge is 0.166 e. The molecule has 1 atom stereocenters. The molecule has 0 spiro atoms. The highest BCUT2D eigenvalue weighted by Crippen LogP contribution is 2.32. The molecule has 2 nitrogen and oxygen atoms in total. The minimum Gasteiger partial charge on any atom is -0.166 e. The number of alkyl halides is 3. The highest BCUT2D eigenvalue weighted by atomic mass is 79.9. The maximum atomic E-state index is 12.8. The Hall–Kier alpha value is -1.17. The number of benzene rings is 1. The Balaban J connectivity index is 3.28. The van der Waals surface area contributed by atoms with Gasteiger partial charge in [0.2, 0.25) is 0 Å². The Labute approximate surface area is 111 Å². The van der Waals surface area contributed by atoms with Crippen LogP contribution in [0.15, 0.2) is 33.4 Å². The molecule has 0 aliphatic carbocycles. The molecule has 0 N–H and O–H groups in total. The van der Waals surface area contributed by atoms with E-state index in [1.165, 1.54) is 0 Å². The Morgan fingerprint density at radius 3 is 2.50 bits per heavy atom. The van der Waals surface area contributed by atoms with E-state index >= 15 is 0 Å². The lowest BCUT2D eigenvalue weighted by Crippen LogP contribution is -2.20. The van der Waals surface area contributed by atoms with Gasteiger partial charge < -0.3 is 0 Å². The Bertz CT molecular complexity index is 483. The third-order valence-corrected chi connectivity index (χ3v) is 2.97. The van der Waals surface area contributed by atoms with E-state index in [-0.39, 0.29) is 0 Å². The standard InChI is InChI=1S/C12H11BrF3NO/c1-7-5-10(13)4-3-9(7)6-11(8(2)17-18)12(14,15)16/h3-6,8H,1-2H3/b11-6+. The van der Waals surface area contributed by atoms with Crippen LogP contribution >= 0.6 is 15.9 Å². The molecule has 0 heterocycles. The fourth-order valence-corrected chi connectivity index (χ4v) is 1.94. The molecule has 0 amide bonds. The Kier molecular flexibility index (Phi) is 4.67. The molecule has 0 bridgehead atoms. The molecule has 0 radical (unpaired) electrons. The zero-order valence-corrected chi connectivity index (χ0v) is 11.3. The summed E-state index contributed by atoms with van der Waals surface area (Å²) in [7, 11) is 0. The van der Waals surface area contributed by atoms with Gasteiger partial charge in [0.05, 0.1) is 5.57 Å². The van der Waals surface area contributed by atoms with Gasteiger partial charge in [0.15, 0.2) is 0 Å². The zero-order valence-electron chi connectivity index (χ0n) is 9.75. The van der Waals surface area contributed by atoms with E-state index in [1.807, 2.05) is 0 Å². The number of halogens is 4. The van der Waals surface area contributed by atoms with Crippen LogP contribution in [0.4, 0.5) is 13.2 Å². The second-order valence-electron chi connectivity index (χ2n) is 3.88. The predicted octanol–water partition coefficient (Wildman–Crippen LogP) is 4.86. The number of hydrogen-bond acceptors (Lipinski definition) is 2. The van der Waals surface area contributed by atoms with Gasteiger partial charge in [-0.25, -0.2) is 0 Å². The van der Waals surface area contributed by atoms with Crippen molar-refractivity contribution < 1.29 is 13.2 Å². The highest BCUT2D eigenvalue weighted by Gasteiger charge is 2.37. The van der Waals surface area contributed by atoms with Crippen molar-refractivity contribution >= 4 is 22.0 Å². The van der Waals surface area contributed by atoms with Gasteiger partial charge in [-0.2, -0.15) is 18.1 Å². The molecule has 1 unspecified atom stereocenters. The van der Waals surface area contributed by atoms with Crippen LogP contribution in [0.5, 0.6) is 0 Å². The minimum absolute atomic E-state index is 0.418. The number of nitrogens with zero attached hydrogens (tertiary/aromatic N) is 1. The number of hydrogen-bond donors (Lipinski definition) is 0. The number of aryl methyl sites for hydroxylation is 1. The first kappa shape index (κ1) is 14.9. The van der Waals surface area contributed by atoms with Gasteiger partial charge in [-0.15, -0.1) is 0 Å². The number of nitroso groups, excluding NO2 is 1. The van der Waals surface area contributed by atoms with Crippen molar-refractivity contribution in [3.8, 4) is 0 Å². The quantitative estimate of drug-likeness (QED) is 0.731. The molecule has 0 aliphatic rings. The molecule has 0 aromatic heterocycles. The normalized spacial score (nSPS) is 14.4. The van der Waals surface area contributed by atoms with Crippen LogP contribution in [0, 0.1) is 11.8 Å². The summed E-state index contributed by atoms with van der Waals surface area (Å²) in [5.41, 5.74) is 0.160. The van der Waals surface area contributed by atoms with Crippen molar-refractivity contribution in [2.45, 2.75) is 26.1 Å². The van der Waals surface area contributed by atoms with Crippen LogP contribution in [-0.2, 0) is 0 Å². The van der Waals surface area contributed by atoms with Gasteiger partial charge in [0.25, 0.3) is 0 Å². The van der Waals surface area contributed by atoms with Crippen LogP contribution in [0.25, 0.3) is 6.08 Å². The van der Waals surface area contributed by atoms with Crippen LogP contribution in [0.3, 0.4) is 0 Å². The summed E-state index contributed by atoms with van der Waals surface area (Å²) in [4.78, 5) is 10.3. The monoisotopic (exact) mass is 321 g/mol. The Morgan fingerprint density at radius 1 is 1.44 bits per heavy atom. The van der Waals surface area contributed by atoms with E-state index in [0.717, 1.165) is 17.5 Å². The van der Waals surface area contributed by atoms with Gasteiger partial charge in [0, 0.05) is 4.47 Å². The van der Waals surface area contributed by atoms with Crippen molar-refractivity contribution in [1.82, 2.24) is 0 Å². The molecule has 98 valence electrons. The van der Waals surface area contributed by atoms with Gasteiger partial charge in [-0.3, -0.25) is 0 Å². The summed E-state index contributed by atoms with van der Waals surface area (Å²) < 4.78 is 39.1. The Morgan fingerprint density at radius 2 is 2.06 bits per heavy atom. The molecular formula is C12H11BrF3NO. The topological polar surface area (TPSA) is 29.4 Å². The lowest BCUT2D eigenvalue weighted by Gasteiger charge is -2.14. The van der Waals surface area contributed by atoms with E-state index in [9.17, 15) is 18.1 Å². The average molecular weight is 322 g/mol.